The average Bonchev–Trinajstić information content (AvgIpc) is 3.24. The summed E-state index contributed by atoms with van der Waals surface area (Å²) >= 11 is 0. The van der Waals surface area contributed by atoms with E-state index >= 15 is 0 Å². The Morgan fingerprint density at radius 3 is 2.28 bits per heavy atom. The first kappa shape index (κ1) is 17.2. The topological polar surface area (TPSA) is 84.5 Å². The molecule has 1 saturated heterocycles. The minimum atomic E-state index is -0.332. The molecule has 2 aromatic rings. The second-order valence-electron chi connectivity index (χ2n) is 7.32. The molecule has 2 aromatic heterocycles. The van der Waals surface area contributed by atoms with Gasteiger partial charge in [0, 0.05) is 31.6 Å². The van der Waals surface area contributed by atoms with Gasteiger partial charge in [-0.1, -0.05) is 25.9 Å². The Kier molecular flexibility index (Phi) is 4.14. The summed E-state index contributed by atoms with van der Waals surface area (Å²) in [6.45, 7) is 8.81. The minimum Gasteiger partial charge on any atom is -0.361 e. The van der Waals surface area contributed by atoms with E-state index < -0.39 is 0 Å². The highest BCUT2D eigenvalue weighted by Crippen LogP contribution is 2.24. The molecule has 0 aromatic carbocycles. The first-order chi connectivity index (χ1) is 11.7. The van der Waals surface area contributed by atoms with Crippen molar-refractivity contribution in [2.45, 2.75) is 39.5 Å². The lowest BCUT2D eigenvalue weighted by molar-refractivity contribution is 0.0173. The van der Waals surface area contributed by atoms with E-state index in [2.05, 4.69) is 10.3 Å². The number of aromatic nitrogens is 3. The van der Waals surface area contributed by atoms with Crippen molar-refractivity contribution in [2.75, 3.05) is 13.1 Å². The van der Waals surface area contributed by atoms with Crippen LogP contribution >= 0.6 is 0 Å². The summed E-state index contributed by atoms with van der Waals surface area (Å²) in [5, 5.41) is 11.1. The Morgan fingerprint density at radius 1 is 1.12 bits per heavy atom. The predicted octanol–water partition coefficient (Wildman–Crippen LogP) is 1.92. The monoisotopic (exact) mass is 345 g/mol. The van der Waals surface area contributed by atoms with E-state index in [9.17, 15) is 9.59 Å². The zero-order valence-electron chi connectivity index (χ0n) is 15.2. The van der Waals surface area contributed by atoms with Gasteiger partial charge in [-0.2, -0.15) is 5.10 Å². The van der Waals surface area contributed by atoms with Crippen LogP contribution in [0.1, 0.15) is 59.6 Å². The van der Waals surface area contributed by atoms with Crippen LogP contribution < -0.4 is 0 Å². The van der Waals surface area contributed by atoms with Crippen LogP contribution in [0.5, 0.6) is 0 Å². The highest BCUT2D eigenvalue weighted by atomic mass is 16.5. The van der Waals surface area contributed by atoms with Gasteiger partial charge in [0.15, 0.2) is 5.69 Å². The van der Waals surface area contributed by atoms with Crippen molar-refractivity contribution in [3.63, 3.8) is 0 Å². The molecule has 2 amide bonds. The fraction of sp³-hybridized carbons (Fsp3) is 0.529. The first-order valence-electron chi connectivity index (χ1n) is 8.30. The molecule has 0 atom stereocenters. The quantitative estimate of drug-likeness (QED) is 0.830. The average molecular weight is 345 g/mol. The Labute approximate surface area is 146 Å². The summed E-state index contributed by atoms with van der Waals surface area (Å²) in [6, 6.07) is 3.37. The summed E-state index contributed by atoms with van der Waals surface area (Å²) in [6.07, 6.45) is 0.721. The fourth-order valence-electron chi connectivity index (χ4n) is 2.80. The van der Waals surface area contributed by atoms with Crippen molar-refractivity contribution in [1.82, 2.24) is 25.0 Å². The maximum Gasteiger partial charge on any atom is 0.294 e. The number of hydrogen-bond donors (Lipinski definition) is 0. The van der Waals surface area contributed by atoms with Crippen LogP contribution in [0.2, 0.25) is 0 Å². The lowest BCUT2D eigenvalue weighted by atomic mass is 9.92. The van der Waals surface area contributed by atoms with E-state index in [1.54, 1.807) is 30.8 Å². The number of rotatable bonds is 2. The van der Waals surface area contributed by atoms with Gasteiger partial charge in [-0.15, -0.1) is 0 Å². The van der Waals surface area contributed by atoms with Gasteiger partial charge < -0.3 is 4.52 Å². The van der Waals surface area contributed by atoms with Crippen molar-refractivity contribution < 1.29 is 14.1 Å². The molecule has 8 heteroatoms. The molecule has 3 heterocycles. The molecule has 3 rings (SSSR count). The lowest BCUT2D eigenvalue weighted by Gasteiger charge is -2.26. The molecule has 0 aliphatic carbocycles. The van der Waals surface area contributed by atoms with Crippen molar-refractivity contribution in [2.24, 2.45) is 7.05 Å². The normalized spacial score (nSPS) is 15.1. The molecule has 8 nitrogen and oxygen atoms in total. The summed E-state index contributed by atoms with van der Waals surface area (Å²) in [5.41, 5.74) is 1.34. The summed E-state index contributed by atoms with van der Waals surface area (Å²) in [5.74, 6) is -0.0145. The second kappa shape index (κ2) is 6.02. The molecule has 1 fully saturated rings. The van der Waals surface area contributed by atoms with Crippen molar-refractivity contribution in [3.8, 4) is 0 Å². The fourth-order valence-corrected chi connectivity index (χ4v) is 2.80. The van der Waals surface area contributed by atoms with Gasteiger partial charge in [0.05, 0.1) is 5.69 Å². The second-order valence-corrected chi connectivity index (χ2v) is 7.32. The molecule has 25 heavy (non-hydrogen) atoms. The first-order valence-corrected chi connectivity index (χ1v) is 8.30. The number of carbonyl (C=O) groups is 2. The number of hydrogen-bond acceptors (Lipinski definition) is 5. The molecule has 0 radical (unpaired) electrons. The van der Waals surface area contributed by atoms with Gasteiger partial charge in [0.25, 0.3) is 11.8 Å². The van der Waals surface area contributed by atoms with Crippen LogP contribution in [0.4, 0.5) is 0 Å². The lowest BCUT2D eigenvalue weighted by Crippen LogP contribution is -2.45. The van der Waals surface area contributed by atoms with E-state index in [-0.39, 0.29) is 22.9 Å². The summed E-state index contributed by atoms with van der Waals surface area (Å²) in [7, 11) is 1.74. The molecule has 0 spiro atoms. The Morgan fingerprint density at radius 2 is 1.76 bits per heavy atom. The SMILES string of the molecule is Cc1cc(C(=O)N2CCCN2C(=O)c2cc(C(C)(C)C)nn2C)no1. The van der Waals surface area contributed by atoms with Crippen LogP contribution in [0.3, 0.4) is 0 Å². The summed E-state index contributed by atoms with van der Waals surface area (Å²) < 4.78 is 6.54. The van der Waals surface area contributed by atoms with Crippen LogP contribution in [0.15, 0.2) is 16.7 Å². The van der Waals surface area contributed by atoms with Gasteiger partial charge >= 0.3 is 0 Å². The zero-order valence-corrected chi connectivity index (χ0v) is 15.2. The zero-order chi connectivity index (χ0) is 18.4. The van der Waals surface area contributed by atoms with E-state index in [0.717, 1.165) is 12.1 Å². The smallest absolute Gasteiger partial charge is 0.294 e. The maximum atomic E-state index is 13.0. The third-order valence-electron chi connectivity index (χ3n) is 4.21. The van der Waals surface area contributed by atoms with Crippen molar-refractivity contribution in [3.05, 3.63) is 35.0 Å². The van der Waals surface area contributed by atoms with Crippen LogP contribution in [-0.4, -0.2) is 49.9 Å². The summed E-state index contributed by atoms with van der Waals surface area (Å²) in [4.78, 5) is 25.6. The molecule has 1 aliphatic rings. The number of nitrogens with zero attached hydrogens (tertiary/aromatic N) is 5. The molecular formula is C17H23N5O3. The third kappa shape index (κ3) is 3.16. The van der Waals surface area contributed by atoms with Crippen molar-refractivity contribution in [1.29, 1.82) is 0 Å². The van der Waals surface area contributed by atoms with Gasteiger partial charge in [-0.3, -0.25) is 14.3 Å². The maximum absolute atomic E-state index is 13.0. The van der Waals surface area contributed by atoms with Gasteiger partial charge in [0.2, 0.25) is 0 Å². The van der Waals surface area contributed by atoms with E-state index in [4.69, 9.17) is 4.52 Å². The van der Waals surface area contributed by atoms with Gasteiger partial charge in [-0.05, 0) is 19.4 Å². The van der Waals surface area contributed by atoms with Crippen LogP contribution in [0, 0.1) is 6.92 Å². The van der Waals surface area contributed by atoms with Crippen LogP contribution in [-0.2, 0) is 12.5 Å². The largest absolute Gasteiger partial charge is 0.361 e. The van der Waals surface area contributed by atoms with E-state index in [1.807, 2.05) is 20.8 Å². The number of aryl methyl sites for hydroxylation is 2. The molecule has 134 valence electrons. The standard InChI is InChI=1S/C17H23N5O3/c1-11-9-12(19-25-11)15(23)21-7-6-8-22(21)16(24)13-10-14(17(2,3)4)18-20(13)5/h9-10H,6-8H2,1-5H3. The van der Waals surface area contributed by atoms with Gasteiger partial charge in [0.1, 0.15) is 11.5 Å². The number of carbonyl (C=O) groups excluding carboxylic acids is 2. The Hall–Kier alpha value is -2.64. The van der Waals surface area contributed by atoms with Crippen LogP contribution in [0.25, 0.3) is 0 Å². The minimum absolute atomic E-state index is 0.158. The van der Waals surface area contributed by atoms with E-state index in [1.165, 1.54) is 10.0 Å². The molecular weight excluding hydrogens is 322 g/mol. The van der Waals surface area contributed by atoms with E-state index in [0.29, 0.717) is 24.5 Å². The van der Waals surface area contributed by atoms with Gasteiger partial charge in [-0.25, -0.2) is 10.0 Å². The third-order valence-corrected chi connectivity index (χ3v) is 4.21. The highest BCUT2D eigenvalue weighted by molar-refractivity contribution is 5.97. The molecule has 0 saturated carbocycles. The molecule has 0 bridgehead atoms. The van der Waals surface area contributed by atoms with Crippen molar-refractivity contribution >= 4 is 11.8 Å². The molecule has 0 unspecified atom stereocenters. The Bertz CT molecular complexity index is 815. The number of amides is 2. The molecule has 1 aliphatic heterocycles. The predicted molar refractivity (Wildman–Crippen MR) is 89.8 cm³/mol. The highest BCUT2D eigenvalue weighted by Gasteiger charge is 2.35. The Balaban J connectivity index is 1.86. The number of hydrazine groups is 1. The molecule has 0 N–H and O–H groups in total.